The third-order valence-electron chi connectivity index (χ3n) is 10.7. The zero-order chi connectivity index (χ0) is 24.1. The van der Waals surface area contributed by atoms with E-state index in [0.717, 1.165) is 63.4 Å². The molecular weight excluding hydrogens is 430 g/mol. The van der Waals surface area contributed by atoms with Gasteiger partial charge in [-0.2, -0.15) is 0 Å². The first-order chi connectivity index (χ1) is 16.2. The summed E-state index contributed by atoms with van der Waals surface area (Å²) in [4.78, 5) is 23.7. The average molecular weight is 472 g/mol. The van der Waals surface area contributed by atoms with Crippen LogP contribution in [0.3, 0.4) is 0 Å². The molecule has 8 unspecified atom stereocenters. The monoisotopic (exact) mass is 471 g/mol. The van der Waals surface area contributed by atoms with Crippen LogP contribution < -0.4 is 22.0 Å². The number of urea groups is 1. The molecule has 0 spiro atoms. The lowest BCUT2D eigenvalue weighted by Crippen LogP contribution is -2.62. The Morgan fingerprint density at radius 1 is 1.12 bits per heavy atom. The number of hydrogen-bond donors (Lipinski definition) is 4. The Balaban J connectivity index is 1.33. The molecule has 7 heteroatoms. The molecule has 1 heterocycles. The Hall–Kier alpha value is -1.86. The van der Waals surface area contributed by atoms with Gasteiger partial charge in [0.15, 0.2) is 0 Å². The molecule has 1 aromatic heterocycles. The minimum Gasteiger partial charge on any atom is -0.431 e. The van der Waals surface area contributed by atoms with Gasteiger partial charge in [0.1, 0.15) is 0 Å². The van der Waals surface area contributed by atoms with Gasteiger partial charge in [-0.15, -0.1) is 0 Å². The van der Waals surface area contributed by atoms with Gasteiger partial charge in [-0.1, -0.05) is 13.8 Å². The van der Waals surface area contributed by atoms with Crippen molar-refractivity contribution in [2.24, 2.45) is 34.3 Å². The van der Waals surface area contributed by atoms with E-state index in [9.17, 15) is 14.7 Å². The molecule has 5 N–H and O–H groups in total. The van der Waals surface area contributed by atoms with Crippen LogP contribution in [0.5, 0.6) is 0 Å². The predicted molar refractivity (Wildman–Crippen MR) is 130 cm³/mol. The van der Waals surface area contributed by atoms with Gasteiger partial charge in [0, 0.05) is 30.6 Å². The third-order valence-corrected chi connectivity index (χ3v) is 10.7. The number of carbonyl (C=O) groups is 1. The number of nitrogens with two attached hydrogens (primary N) is 1. The van der Waals surface area contributed by atoms with Gasteiger partial charge in [-0.25, -0.2) is 9.59 Å². The zero-order valence-corrected chi connectivity index (χ0v) is 20.6. The third kappa shape index (κ3) is 3.62. The average Bonchev–Trinajstić information content (AvgIpc) is 3.10. The number of carbonyl (C=O) groups excluding carboxylic acids is 1. The molecule has 7 nitrogen and oxygen atoms in total. The topological polar surface area (TPSA) is 118 Å². The molecule has 5 rings (SSSR count). The van der Waals surface area contributed by atoms with Gasteiger partial charge >= 0.3 is 11.7 Å². The number of fused-ring (bicyclic) bond motifs is 5. The fourth-order valence-corrected chi connectivity index (χ4v) is 8.88. The summed E-state index contributed by atoms with van der Waals surface area (Å²) < 4.78 is 5.20. The van der Waals surface area contributed by atoms with E-state index in [1.807, 2.05) is 6.07 Å². The molecule has 0 bridgehead atoms. The normalized spacial score (nSPS) is 43.4. The number of rotatable bonds is 4. The summed E-state index contributed by atoms with van der Waals surface area (Å²) in [7, 11) is 0. The number of hydrogen-bond acceptors (Lipinski definition) is 5. The lowest BCUT2D eigenvalue weighted by molar-refractivity contribution is -0.201. The highest BCUT2D eigenvalue weighted by atomic mass is 16.4. The molecule has 4 aliphatic rings. The van der Waals surface area contributed by atoms with E-state index >= 15 is 0 Å². The first-order valence-corrected chi connectivity index (χ1v) is 13.3. The largest absolute Gasteiger partial charge is 0.431 e. The van der Waals surface area contributed by atoms with E-state index in [0.29, 0.717) is 30.8 Å². The molecule has 4 fully saturated rings. The van der Waals surface area contributed by atoms with Crippen molar-refractivity contribution in [1.82, 2.24) is 10.6 Å². The van der Waals surface area contributed by atoms with E-state index in [1.165, 1.54) is 6.07 Å². The summed E-state index contributed by atoms with van der Waals surface area (Å²) in [6, 6.07) is 3.52. The van der Waals surface area contributed by atoms with E-state index < -0.39 is 5.60 Å². The molecule has 4 aliphatic carbocycles. The Morgan fingerprint density at radius 3 is 2.68 bits per heavy atom. The summed E-state index contributed by atoms with van der Waals surface area (Å²) >= 11 is 0. The van der Waals surface area contributed by atoms with E-state index in [-0.39, 0.29) is 34.4 Å². The van der Waals surface area contributed by atoms with E-state index in [1.54, 1.807) is 6.26 Å². The SMILES string of the molecule is CC12CCC(NC(=O)NCCN)CC1CCC1C2CCC2(C)C(c3ccc(=O)oc3)CCC12O. The molecule has 2 amide bonds. The van der Waals surface area contributed by atoms with Crippen molar-refractivity contribution in [2.45, 2.75) is 89.2 Å². The predicted octanol–water partition coefficient (Wildman–Crippen LogP) is 3.51. The Bertz CT molecular complexity index is 960. The molecule has 4 saturated carbocycles. The van der Waals surface area contributed by atoms with Crippen molar-refractivity contribution < 1.29 is 14.3 Å². The van der Waals surface area contributed by atoms with Crippen LogP contribution in [0.4, 0.5) is 4.79 Å². The van der Waals surface area contributed by atoms with Gasteiger partial charge in [-0.05, 0) is 98.5 Å². The van der Waals surface area contributed by atoms with Crippen LogP contribution in [0.15, 0.2) is 27.6 Å². The molecule has 188 valence electrons. The molecule has 8 atom stereocenters. The molecule has 0 aromatic carbocycles. The minimum absolute atomic E-state index is 0.107. The summed E-state index contributed by atoms with van der Waals surface area (Å²) in [6.45, 7) is 5.69. The van der Waals surface area contributed by atoms with Crippen molar-refractivity contribution in [1.29, 1.82) is 0 Å². The van der Waals surface area contributed by atoms with Crippen LogP contribution in [0.2, 0.25) is 0 Å². The van der Waals surface area contributed by atoms with Crippen LogP contribution in [0, 0.1) is 28.6 Å². The first-order valence-electron chi connectivity index (χ1n) is 13.3. The van der Waals surface area contributed by atoms with Crippen LogP contribution >= 0.6 is 0 Å². The summed E-state index contributed by atoms with van der Waals surface area (Å²) in [5.74, 6) is 1.63. The number of aliphatic hydroxyl groups is 1. The maximum absolute atomic E-state index is 12.3. The number of nitrogens with one attached hydrogen (secondary N) is 2. The van der Waals surface area contributed by atoms with Crippen LogP contribution in [0.1, 0.15) is 83.1 Å². The van der Waals surface area contributed by atoms with E-state index in [4.69, 9.17) is 10.2 Å². The van der Waals surface area contributed by atoms with Crippen molar-refractivity contribution in [3.63, 3.8) is 0 Å². The van der Waals surface area contributed by atoms with Gasteiger partial charge in [0.05, 0.1) is 11.9 Å². The number of amides is 2. The second-order valence-electron chi connectivity index (χ2n) is 12.0. The smallest absolute Gasteiger partial charge is 0.335 e. The first kappa shape index (κ1) is 23.9. The lowest BCUT2D eigenvalue weighted by atomic mass is 9.43. The highest BCUT2D eigenvalue weighted by Gasteiger charge is 2.67. The maximum atomic E-state index is 12.3. The standard InChI is InChI=1S/C27H41N3O4/c1-25-10-7-19(30-24(32)29-14-13-28)15-18(25)4-5-22-21(25)8-11-26(2)20(9-12-27(22,26)33)17-3-6-23(31)34-16-17/h3,6,16,18-22,33H,4-5,7-15,28H2,1-2H3,(H2,29,30,32). The second-order valence-corrected chi connectivity index (χ2v) is 12.0. The minimum atomic E-state index is -0.679. The summed E-state index contributed by atoms with van der Waals surface area (Å²) in [5.41, 5.74) is 5.57. The Morgan fingerprint density at radius 2 is 1.94 bits per heavy atom. The quantitative estimate of drug-likeness (QED) is 0.536. The summed E-state index contributed by atoms with van der Waals surface area (Å²) in [5, 5.41) is 18.3. The van der Waals surface area contributed by atoms with Crippen LogP contribution in [-0.4, -0.2) is 35.9 Å². The molecule has 1 aromatic rings. The second kappa shape index (κ2) is 8.66. The zero-order valence-electron chi connectivity index (χ0n) is 20.6. The fourth-order valence-electron chi connectivity index (χ4n) is 8.88. The Kier molecular flexibility index (Phi) is 6.08. The van der Waals surface area contributed by atoms with Crippen LogP contribution in [-0.2, 0) is 0 Å². The molecule has 0 saturated heterocycles. The van der Waals surface area contributed by atoms with Crippen molar-refractivity contribution in [3.8, 4) is 0 Å². The maximum Gasteiger partial charge on any atom is 0.335 e. The van der Waals surface area contributed by atoms with Gasteiger partial charge in [0.2, 0.25) is 0 Å². The van der Waals surface area contributed by atoms with Crippen molar-refractivity contribution in [3.05, 3.63) is 34.4 Å². The summed E-state index contributed by atoms with van der Waals surface area (Å²) in [6.07, 6.45) is 10.8. The highest BCUT2D eigenvalue weighted by Crippen LogP contribution is 2.70. The molecule has 34 heavy (non-hydrogen) atoms. The van der Waals surface area contributed by atoms with Crippen molar-refractivity contribution in [2.75, 3.05) is 13.1 Å². The lowest BCUT2D eigenvalue weighted by Gasteiger charge is -2.63. The molecule has 0 aliphatic heterocycles. The van der Waals surface area contributed by atoms with Crippen molar-refractivity contribution >= 4 is 6.03 Å². The fraction of sp³-hybridized carbons (Fsp3) is 0.778. The van der Waals surface area contributed by atoms with Gasteiger partial charge in [0.25, 0.3) is 0 Å². The molecular formula is C27H41N3O4. The van der Waals surface area contributed by atoms with Gasteiger partial charge < -0.3 is 25.9 Å². The van der Waals surface area contributed by atoms with Gasteiger partial charge in [-0.3, -0.25) is 0 Å². The highest BCUT2D eigenvalue weighted by molar-refractivity contribution is 5.74. The van der Waals surface area contributed by atoms with E-state index in [2.05, 4.69) is 24.5 Å². The van der Waals surface area contributed by atoms with Crippen LogP contribution in [0.25, 0.3) is 0 Å². The Labute approximate surface area is 202 Å². The molecule has 0 radical (unpaired) electrons.